The summed E-state index contributed by atoms with van der Waals surface area (Å²) in [7, 11) is -4.28. The van der Waals surface area contributed by atoms with Crippen molar-refractivity contribution < 1.29 is 27.1 Å². The number of benzene rings is 4. The fourth-order valence-electron chi connectivity index (χ4n) is 5.00. The second kappa shape index (κ2) is 16.0. The number of nitrogens with zero attached hydrogens (tertiary/aromatic N) is 2. The molecule has 0 aliphatic rings. The zero-order valence-corrected chi connectivity index (χ0v) is 27.2. The lowest BCUT2D eigenvalue weighted by molar-refractivity contribution is -0.140. The average molecular weight is 646 g/mol. The number of hydrogen-bond acceptors (Lipinski definition) is 5. The Morgan fingerprint density at radius 2 is 1.50 bits per heavy atom. The Kier molecular flexibility index (Phi) is 11.9. The summed E-state index contributed by atoms with van der Waals surface area (Å²) < 4.78 is 49.2. The van der Waals surface area contributed by atoms with Crippen molar-refractivity contribution in [2.45, 2.75) is 51.1 Å². The first-order valence-corrected chi connectivity index (χ1v) is 16.7. The number of carbonyl (C=O) groups excluding carboxylic acids is 2. The predicted octanol–water partition coefficient (Wildman–Crippen LogP) is 5.89. The molecular formula is C36H40FN3O5S. The van der Waals surface area contributed by atoms with E-state index >= 15 is 0 Å². The second-order valence-electron chi connectivity index (χ2n) is 10.9. The van der Waals surface area contributed by atoms with Crippen molar-refractivity contribution in [2.24, 2.45) is 0 Å². The normalized spacial score (nSPS) is 11.8. The number of hydrogen-bond donors (Lipinski definition) is 1. The first kappa shape index (κ1) is 34.2. The van der Waals surface area contributed by atoms with Crippen LogP contribution in [0.5, 0.6) is 5.75 Å². The topological polar surface area (TPSA) is 96.0 Å². The third kappa shape index (κ3) is 8.72. The van der Waals surface area contributed by atoms with Gasteiger partial charge in [-0.3, -0.25) is 13.9 Å². The van der Waals surface area contributed by atoms with Crippen LogP contribution in [-0.2, 0) is 32.6 Å². The van der Waals surface area contributed by atoms with E-state index in [1.165, 1.54) is 29.2 Å². The first-order chi connectivity index (χ1) is 22.1. The third-order valence-electron chi connectivity index (χ3n) is 7.41. The molecule has 242 valence electrons. The van der Waals surface area contributed by atoms with Gasteiger partial charge in [-0.2, -0.15) is 0 Å². The maximum absolute atomic E-state index is 14.5. The van der Waals surface area contributed by atoms with E-state index in [2.05, 4.69) is 5.32 Å². The van der Waals surface area contributed by atoms with E-state index in [1.807, 2.05) is 44.2 Å². The molecule has 10 heteroatoms. The molecule has 4 rings (SSSR count). The standard InChI is InChI=1S/C36H40FN3O5S/c1-4-23-38-36(42)33(24-28-11-7-6-8-12-28)39(25-29-17-19-30(37)20-18-29)35(41)26-40(32-13-9-10-14-34(32)45-5-2)46(43,44)31-21-15-27(3)16-22-31/h6-22,33H,4-5,23-26H2,1-3H3,(H,38,42)/t33-/m0/s1. The van der Waals surface area contributed by atoms with Crippen LogP contribution in [0.3, 0.4) is 0 Å². The van der Waals surface area contributed by atoms with Gasteiger partial charge in [0.25, 0.3) is 10.0 Å². The summed E-state index contributed by atoms with van der Waals surface area (Å²) in [4.78, 5) is 29.6. The van der Waals surface area contributed by atoms with Crippen LogP contribution in [0.25, 0.3) is 0 Å². The number of ether oxygens (including phenoxy) is 1. The molecule has 0 heterocycles. The molecule has 1 N–H and O–H groups in total. The summed E-state index contributed by atoms with van der Waals surface area (Å²) in [6.45, 7) is 5.57. The lowest BCUT2D eigenvalue weighted by Gasteiger charge is -2.34. The van der Waals surface area contributed by atoms with Gasteiger partial charge in [-0.1, -0.05) is 79.2 Å². The third-order valence-corrected chi connectivity index (χ3v) is 9.18. The van der Waals surface area contributed by atoms with Crippen LogP contribution in [-0.4, -0.2) is 50.9 Å². The molecule has 4 aromatic rings. The summed E-state index contributed by atoms with van der Waals surface area (Å²) in [5, 5.41) is 2.91. The van der Waals surface area contributed by atoms with Crippen molar-refractivity contribution in [3.8, 4) is 5.75 Å². The number of aryl methyl sites for hydroxylation is 1. The van der Waals surface area contributed by atoms with Crippen molar-refractivity contribution >= 4 is 27.5 Å². The molecule has 0 saturated heterocycles. The van der Waals surface area contributed by atoms with Gasteiger partial charge >= 0.3 is 0 Å². The number of para-hydroxylation sites is 2. The molecule has 0 unspecified atom stereocenters. The molecule has 0 aliphatic carbocycles. The van der Waals surface area contributed by atoms with Gasteiger partial charge < -0.3 is 15.0 Å². The number of nitrogens with one attached hydrogen (secondary N) is 1. The van der Waals surface area contributed by atoms with Gasteiger partial charge in [-0.05, 0) is 67.8 Å². The Morgan fingerprint density at radius 1 is 0.848 bits per heavy atom. The molecule has 4 aromatic carbocycles. The Morgan fingerprint density at radius 3 is 2.15 bits per heavy atom. The van der Waals surface area contributed by atoms with Crippen LogP contribution in [0.1, 0.15) is 37.0 Å². The summed E-state index contributed by atoms with van der Waals surface area (Å²) in [5.74, 6) is -1.13. The number of sulfonamides is 1. The molecule has 1 atom stereocenters. The van der Waals surface area contributed by atoms with E-state index in [1.54, 1.807) is 55.5 Å². The monoisotopic (exact) mass is 645 g/mol. The minimum absolute atomic E-state index is 0.00353. The van der Waals surface area contributed by atoms with Gasteiger partial charge in [0.2, 0.25) is 11.8 Å². The maximum Gasteiger partial charge on any atom is 0.264 e. The van der Waals surface area contributed by atoms with Crippen molar-refractivity contribution in [2.75, 3.05) is 24.0 Å². The summed E-state index contributed by atoms with van der Waals surface area (Å²) in [6.07, 6.45) is 0.871. The Hall–Kier alpha value is -4.70. The molecule has 0 bridgehead atoms. The SMILES string of the molecule is CCCNC(=O)[C@H](Cc1ccccc1)N(Cc1ccc(F)cc1)C(=O)CN(c1ccccc1OCC)S(=O)(=O)c1ccc(C)cc1. The summed E-state index contributed by atoms with van der Waals surface area (Å²) >= 11 is 0. The van der Waals surface area contributed by atoms with Crippen LogP contribution < -0.4 is 14.4 Å². The Bertz CT molecular complexity index is 1700. The molecule has 2 amide bonds. The van der Waals surface area contributed by atoms with Gasteiger partial charge in [0.1, 0.15) is 24.2 Å². The van der Waals surface area contributed by atoms with E-state index < -0.39 is 34.3 Å². The molecule has 0 saturated carbocycles. The molecule has 46 heavy (non-hydrogen) atoms. The fraction of sp³-hybridized carbons (Fsp3) is 0.278. The second-order valence-corrected chi connectivity index (χ2v) is 12.7. The minimum Gasteiger partial charge on any atom is -0.492 e. The van der Waals surface area contributed by atoms with E-state index in [4.69, 9.17) is 4.74 Å². The number of rotatable bonds is 15. The zero-order chi connectivity index (χ0) is 33.1. The lowest BCUT2D eigenvalue weighted by atomic mass is 10.0. The molecule has 0 aliphatic heterocycles. The molecule has 0 spiro atoms. The van der Waals surface area contributed by atoms with Crippen molar-refractivity contribution in [1.82, 2.24) is 10.2 Å². The number of halogens is 1. The van der Waals surface area contributed by atoms with Crippen molar-refractivity contribution in [3.63, 3.8) is 0 Å². The minimum atomic E-state index is -4.28. The Balaban J connectivity index is 1.82. The molecule has 0 radical (unpaired) electrons. The molecule has 8 nitrogen and oxygen atoms in total. The largest absolute Gasteiger partial charge is 0.492 e. The van der Waals surface area contributed by atoms with Gasteiger partial charge in [0.05, 0.1) is 17.2 Å². The number of amides is 2. The van der Waals surface area contributed by atoms with Crippen LogP contribution in [0, 0.1) is 12.7 Å². The molecule has 0 aromatic heterocycles. The highest BCUT2D eigenvalue weighted by Crippen LogP contribution is 2.33. The average Bonchev–Trinajstić information content (AvgIpc) is 3.06. The van der Waals surface area contributed by atoms with Crippen LogP contribution in [0.2, 0.25) is 0 Å². The van der Waals surface area contributed by atoms with E-state index in [-0.39, 0.29) is 36.1 Å². The number of anilines is 1. The Labute approximate surface area is 270 Å². The highest BCUT2D eigenvalue weighted by molar-refractivity contribution is 7.92. The van der Waals surface area contributed by atoms with Gasteiger partial charge in [0.15, 0.2) is 0 Å². The van der Waals surface area contributed by atoms with E-state index in [0.29, 0.717) is 24.3 Å². The van der Waals surface area contributed by atoms with Gasteiger partial charge in [0, 0.05) is 19.5 Å². The van der Waals surface area contributed by atoms with Crippen LogP contribution in [0.4, 0.5) is 10.1 Å². The van der Waals surface area contributed by atoms with Crippen molar-refractivity contribution in [1.29, 1.82) is 0 Å². The molecule has 0 fully saturated rings. The summed E-state index contributed by atoms with van der Waals surface area (Å²) in [5.41, 5.74) is 2.47. The fourth-order valence-corrected chi connectivity index (χ4v) is 6.42. The van der Waals surface area contributed by atoms with Crippen LogP contribution >= 0.6 is 0 Å². The highest BCUT2D eigenvalue weighted by atomic mass is 32.2. The van der Waals surface area contributed by atoms with Crippen LogP contribution in [0.15, 0.2) is 108 Å². The summed E-state index contributed by atoms with van der Waals surface area (Å²) in [6, 6.07) is 27.0. The van der Waals surface area contributed by atoms with Gasteiger partial charge in [-0.15, -0.1) is 0 Å². The van der Waals surface area contributed by atoms with Crippen molar-refractivity contribution in [3.05, 3.63) is 126 Å². The van der Waals surface area contributed by atoms with E-state index in [9.17, 15) is 22.4 Å². The maximum atomic E-state index is 14.5. The lowest BCUT2D eigenvalue weighted by Crippen LogP contribution is -2.53. The molecular weight excluding hydrogens is 605 g/mol. The zero-order valence-electron chi connectivity index (χ0n) is 26.4. The number of carbonyl (C=O) groups is 2. The predicted molar refractivity (Wildman–Crippen MR) is 178 cm³/mol. The first-order valence-electron chi connectivity index (χ1n) is 15.3. The highest BCUT2D eigenvalue weighted by Gasteiger charge is 2.35. The smallest absolute Gasteiger partial charge is 0.264 e. The van der Waals surface area contributed by atoms with Gasteiger partial charge in [-0.25, -0.2) is 12.8 Å². The quantitative estimate of drug-likeness (QED) is 0.174. The van der Waals surface area contributed by atoms with E-state index in [0.717, 1.165) is 15.4 Å².